The maximum atomic E-state index is 5.51. The quantitative estimate of drug-likeness (QED) is 0.581. The van der Waals surface area contributed by atoms with Crippen LogP contribution in [0.3, 0.4) is 0 Å². The van der Waals surface area contributed by atoms with E-state index >= 15 is 0 Å². The molecule has 1 heterocycles. The van der Waals surface area contributed by atoms with Crippen LogP contribution in [0.25, 0.3) is 0 Å². The highest BCUT2D eigenvalue weighted by Crippen LogP contribution is 2.14. The van der Waals surface area contributed by atoms with Crippen LogP contribution in [-0.4, -0.2) is 0 Å². The summed E-state index contributed by atoms with van der Waals surface area (Å²) in [5.41, 5.74) is 5.51. The Labute approximate surface area is 58.5 Å². The van der Waals surface area contributed by atoms with E-state index < -0.39 is 0 Å². The molecule has 0 amide bonds. The van der Waals surface area contributed by atoms with E-state index in [0.29, 0.717) is 0 Å². The number of thiophene rings is 1. The minimum absolute atomic E-state index is 0.218. The predicted molar refractivity (Wildman–Crippen MR) is 40.1 cm³/mol. The van der Waals surface area contributed by atoms with Crippen molar-refractivity contribution in [2.24, 2.45) is 5.73 Å². The zero-order chi connectivity index (χ0) is 6.69. The van der Waals surface area contributed by atoms with Gasteiger partial charge in [0.1, 0.15) is 6.04 Å². The van der Waals surface area contributed by atoms with Crippen molar-refractivity contribution in [1.29, 1.82) is 0 Å². The van der Waals surface area contributed by atoms with E-state index in [1.807, 2.05) is 17.5 Å². The highest BCUT2D eigenvalue weighted by Gasteiger charge is 1.99. The second-order valence-electron chi connectivity index (χ2n) is 1.66. The molecule has 0 aliphatic heterocycles. The Morgan fingerprint density at radius 3 is 3.00 bits per heavy atom. The van der Waals surface area contributed by atoms with Crippen molar-refractivity contribution in [2.45, 2.75) is 6.04 Å². The Hall–Kier alpha value is -0.780. The van der Waals surface area contributed by atoms with Crippen molar-refractivity contribution in [2.75, 3.05) is 0 Å². The van der Waals surface area contributed by atoms with Crippen molar-refractivity contribution in [1.82, 2.24) is 0 Å². The van der Waals surface area contributed by atoms with Crippen LogP contribution in [-0.2, 0) is 0 Å². The third kappa shape index (κ3) is 1.32. The summed E-state index contributed by atoms with van der Waals surface area (Å²) >= 11 is 1.59. The van der Waals surface area contributed by atoms with Gasteiger partial charge in [0.2, 0.25) is 0 Å². The first kappa shape index (κ1) is 6.34. The molecule has 1 unspecified atom stereocenters. The summed E-state index contributed by atoms with van der Waals surface area (Å²) < 4.78 is 0. The van der Waals surface area contributed by atoms with Crippen molar-refractivity contribution in [3.63, 3.8) is 0 Å². The summed E-state index contributed by atoms with van der Waals surface area (Å²) in [7, 11) is 0. The standard InChI is InChI=1S/C7H7NS/c1-2-6(8)7-4-3-5-9-7/h1,3-6H,8H2. The lowest BCUT2D eigenvalue weighted by Gasteiger charge is -1.96. The molecule has 1 nitrogen and oxygen atoms in total. The molecule has 1 atom stereocenters. The van der Waals surface area contributed by atoms with E-state index in [1.165, 1.54) is 0 Å². The Balaban J connectivity index is 2.80. The average Bonchev–Trinajstić information content (AvgIpc) is 2.37. The number of nitrogens with two attached hydrogens (primary N) is 1. The molecule has 0 saturated carbocycles. The highest BCUT2D eigenvalue weighted by atomic mass is 32.1. The van der Waals surface area contributed by atoms with Gasteiger partial charge in [-0.05, 0) is 11.4 Å². The molecule has 1 rings (SSSR count). The summed E-state index contributed by atoms with van der Waals surface area (Å²) in [5.74, 6) is 2.46. The second kappa shape index (κ2) is 2.67. The Bertz CT molecular complexity index is 207. The Morgan fingerprint density at radius 1 is 1.78 bits per heavy atom. The van der Waals surface area contributed by atoms with Gasteiger partial charge in [0, 0.05) is 4.88 Å². The molecule has 1 aromatic rings. The SMILES string of the molecule is C#CC(N)c1cccs1. The van der Waals surface area contributed by atoms with Gasteiger partial charge < -0.3 is 5.73 Å². The maximum Gasteiger partial charge on any atom is 0.101 e. The molecule has 0 aliphatic rings. The second-order valence-corrected chi connectivity index (χ2v) is 2.64. The van der Waals surface area contributed by atoms with Gasteiger partial charge in [0.05, 0.1) is 0 Å². The lowest BCUT2D eigenvalue weighted by atomic mass is 10.3. The first-order valence-electron chi connectivity index (χ1n) is 2.59. The number of terminal acetylenes is 1. The van der Waals surface area contributed by atoms with Gasteiger partial charge in [-0.15, -0.1) is 17.8 Å². The summed E-state index contributed by atoms with van der Waals surface area (Å²) in [4.78, 5) is 1.05. The minimum Gasteiger partial charge on any atom is -0.313 e. The van der Waals surface area contributed by atoms with Gasteiger partial charge >= 0.3 is 0 Å². The van der Waals surface area contributed by atoms with Crippen LogP contribution in [0.5, 0.6) is 0 Å². The monoisotopic (exact) mass is 137 g/mol. The summed E-state index contributed by atoms with van der Waals surface area (Å²) in [5, 5.41) is 1.96. The lowest BCUT2D eigenvalue weighted by molar-refractivity contribution is 0.974. The molecule has 2 heteroatoms. The molecule has 0 spiro atoms. The van der Waals surface area contributed by atoms with E-state index in [9.17, 15) is 0 Å². The van der Waals surface area contributed by atoms with E-state index in [-0.39, 0.29) is 6.04 Å². The van der Waals surface area contributed by atoms with E-state index in [0.717, 1.165) is 4.88 Å². The topological polar surface area (TPSA) is 26.0 Å². The third-order valence-corrected chi connectivity index (χ3v) is 1.98. The predicted octanol–water partition coefficient (Wildman–Crippen LogP) is 1.38. The summed E-state index contributed by atoms with van der Waals surface area (Å²) in [6.45, 7) is 0. The number of hydrogen-bond acceptors (Lipinski definition) is 2. The fraction of sp³-hybridized carbons (Fsp3) is 0.143. The van der Waals surface area contributed by atoms with Crippen LogP contribution in [0.1, 0.15) is 10.9 Å². The molecular formula is C7H7NS. The molecule has 0 fully saturated rings. The Kier molecular flexibility index (Phi) is 1.88. The van der Waals surface area contributed by atoms with Gasteiger partial charge in [-0.25, -0.2) is 0 Å². The zero-order valence-electron chi connectivity index (χ0n) is 4.87. The zero-order valence-corrected chi connectivity index (χ0v) is 5.69. The highest BCUT2D eigenvalue weighted by molar-refractivity contribution is 7.10. The van der Waals surface area contributed by atoms with Crippen LogP contribution in [0, 0.1) is 12.3 Å². The first-order chi connectivity index (χ1) is 4.34. The molecule has 1 aromatic heterocycles. The molecule has 0 bridgehead atoms. The van der Waals surface area contributed by atoms with Gasteiger partial charge in [0.25, 0.3) is 0 Å². The van der Waals surface area contributed by atoms with Crippen LogP contribution in [0.2, 0.25) is 0 Å². The lowest BCUT2D eigenvalue weighted by Crippen LogP contribution is -2.04. The molecule has 0 radical (unpaired) electrons. The van der Waals surface area contributed by atoms with E-state index in [2.05, 4.69) is 5.92 Å². The molecule has 9 heavy (non-hydrogen) atoms. The number of rotatable bonds is 1. The third-order valence-electron chi connectivity index (χ3n) is 1.03. The minimum atomic E-state index is -0.218. The van der Waals surface area contributed by atoms with Crippen molar-refractivity contribution in [3.05, 3.63) is 22.4 Å². The molecule has 0 aliphatic carbocycles. The van der Waals surface area contributed by atoms with Gasteiger partial charge in [0.15, 0.2) is 0 Å². The van der Waals surface area contributed by atoms with Crippen LogP contribution >= 0.6 is 11.3 Å². The Morgan fingerprint density at radius 2 is 2.56 bits per heavy atom. The number of hydrogen-bond donors (Lipinski definition) is 1. The van der Waals surface area contributed by atoms with Crippen molar-refractivity contribution >= 4 is 11.3 Å². The fourth-order valence-corrected chi connectivity index (χ4v) is 1.24. The van der Waals surface area contributed by atoms with E-state index in [1.54, 1.807) is 11.3 Å². The summed E-state index contributed by atoms with van der Waals surface area (Å²) in [6.07, 6.45) is 5.09. The first-order valence-corrected chi connectivity index (χ1v) is 3.47. The molecule has 2 N–H and O–H groups in total. The largest absolute Gasteiger partial charge is 0.313 e. The van der Waals surface area contributed by atoms with Gasteiger partial charge in [-0.2, -0.15) is 0 Å². The molecule has 0 saturated heterocycles. The average molecular weight is 137 g/mol. The van der Waals surface area contributed by atoms with Gasteiger partial charge in [-0.1, -0.05) is 12.0 Å². The molecule has 46 valence electrons. The normalized spacial score (nSPS) is 12.4. The smallest absolute Gasteiger partial charge is 0.101 e. The summed E-state index contributed by atoms with van der Waals surface area (Å²) in [6, 6.07) is 3.66. The maximum absolute atomic E-state index is 5.51. The van der Waals surface area contributed by atoms with Crippen LogP contribution in [0.15, 0.2) is 17.5 Å². The molecular weight excluding hydrogens is 130 g/mol. The van der Waals surface area contributed by atoms with Crippen LogP contribution in [0.4, 0.5) is 0 Å². The van der Waals surface area contributed by atoms with E-state index in [4.69, 9.17) is 12.2 Å². The van der Waals surface area contributed by atoms with Crippen molar-refractivity contribution < 1.29 is 0 Å². The van der Waals surface area contributed by atoms with Gasteiger partial charge in [-0.3, -0.25) is 0 Å². The fourth-order valence-electron chi connectivity index (χ4n) is 0.550. The van der Waals surface area contributed by atoms with Crippen LogP contribution < -0.4 is 5.73 Å². The molecule has 0 aromatic carbocycles. The van der Waals surface area contributed by atoms with Crippen molar-refractivity contribution in [3.8, 4) is 12.3 Å².